The molecule has 0 bridgehead atoms. The molecule has 4 rings (SSSR count). The summed E-state index contributed by atoms with van der Waals surface area (Å²) in [4.78, 5) is 5.52. The molecule has 0 saturated heterocycles. The molecule has 0 N–H and O–H groups in total. The molecule has 1 nitrogen and oxygen atoms in total. The van der Waals surface area contributed by atoms with Gasteiger partial charge in [-0.1, -0.05) is 47.7 Å². The molecule has 2 heteroatoms. The maximum absolute atomic E-state index is 2.61. The van der Waals surface area contributed by atoms with Crippen molar-refractivity contribution in [3.63, 3.8) is 0 Å². The van der Waals surface area contributed by atoms with Crippen LogP contribution in [0.5, 0.6) is 0 Å². The Balaban J connectivity index is 1.80. The van der Waals surface area contributed by atoms with Crippen LogP contribution in [0.15, 0.2) is 68.9 Å². The van der Waals surface area contributed by atoms with Crippen molar-refractivity contribution < 1.29 is 0 Å². The van der Waals surface area contributed by atoms with Crippen molar-refractivity contribution in [1.82, 2.24) is 4.90 Å². The smallest absolute Gasteiger partial charge is 0.0369 e. The Kier molecular flexibility index (Phi) is 3.42. The molecule has 108 valence electrons. The molecular weight excluding hydrogens is 274 g/mol. The molecule has 0 fully saturated rings. The second-order valence-electron chi connectivity index (χ2n) is 6.11. The van der Waals surface area contributed by atoms with Gasteiger partial charge in [0.2, 0.25) is 0 Å². The second kappa shape index (κ2) is 5.42. The zero-order valence-electron chi connectivity index (χ0n) is 12.6. The zero-order valence-corrected chi connectivity index (χ0v) is 13.4. The fourth-order valence-corrected chi connectivity index (χ4v) is 4.62. The van der Waals surface area contributed by atoms with Gasteiger partial charge in [-0.25, -0.2) is 0 Å². The Hall–Kier alpha value is -1.41. The normalized spacial score (nSPS) is 24.7. The van der Waals surface area contributed by atoms with Crippen LogP contribution in [0.2, 0.25) is 0 Å². The Morgan fingerprint density at radius 3 is 2.10 bits per heavy atom. The van der Waals surface area contributed by atoms with Gasteiger partial charge in [0.05, 0.1) is 0 Å². The number of rotatable bonds is 1. The highest BCUT2D eigenvalue weighted by atomic mass is 32.2. The largest absolute Gasteiger partial charge is 0.319 e. The van der Waals surface area contributed by atoms with E-state index >= 15 is 0 Å². The molecule has 0 aromatic heterocycles. The lowest BCUT2D eigenvalue weighted by Crippen LogP contribution is -2.28. The van der Waals surface area contributed by atoms with Gasteiger partial charge >= 0.3 is 0 Å². The molecule has 0 atom stereocenters. The summed E-state index contributed by atoms with van der Waals surface area (Å²) >= 11 is 1.97. The van der Waals surface area contributed by atoms with E-state index in [4.69, 9.17) is 0 Å². The predicted octanol–water partition coefficient (Wildman–Crippen LogP) is 5.78. The van der Waals surface area contributed by atoms with Gasteiger partial charge in [0.25, 0.3) is 0 Å². The molecule has 0 aromatic carbocycles. The first-order chi connectivity index (χ1) is 10.3. The number of hydrogen-bond donors (Lipinski definition) is 0. The van der Waals surface area contributed by atoms with E-state index in [1.165, 1.54) is 71.0 Å². The second-order valence-corrected chi connectivity index (χ2v) is 7.20. The van der Waals surface area contributed by atoms with Crippen LogP contribution < -0.4 is 0 Å². The van der Waals surface area contributed by atoms with E-state index in [0.717, 1.165) is 0 Å². The Labute approximate surface area is 131 Å². The minimum absolute atomic E-state index is 1.17. The van der Waals surface area contributed by atoms with Gasteiger partial charge in [0.1, 0.15) is 0 Å². The summed E-state index contributed by atoms with van der Waals surface area (Å²) in [7, 11) is 0. The molecule has 0 radical (unpaired) electrons. The number of thioether (sulfide) groups is 1. The monoisotopic (exact) mass is 295 g/mol. The summed E-state index contributed by atoms with van der Waals surface area (Å²) in [5.74, 6) is 0. The predicted molar refractivity (Wildman–Crippen MR) is 91.3 cm³/mol. The van der Waals surface area contributed by atoms with Gasteiger partial charge in [-0.05, 0) is 51.5 Å². The van der Waals surface area contributed by atoms with Crippen LogP contribution in [0.1, 0.15) is 45.4 Å². The highest BCUT2D eigenvalue weighted by Crippen LogP contribution is 2.48. The quantitative estimate of drug-likeness (QED) is 0.603. The van der Waals surface area contributed by atoms with E-state index in [0.29, 0.717) is 0 Å². The topological polar surface area (TPSA) is 3.24 Å². The highest BCUT2D eigenvalue weighted by molar-refractivity contribution is 8.07. The van der Waals surface area contributed by atoms with Gasteiger partial charge in [-0.2, -0.15) is 0 Å². The molecule has 0 saturated carbocycles. The molecule has 1 aliphatic heterocycles. The molecular formula is C19H21NS. The van der Waals surface area contributed by atoms with Crippen molar-refractivity contribution in [2.75, 3.05) is 0 Å². The number of allylic oxidation sites excluding steroid dienone is 10. The molecule has 0 spiro atoms. The summed E-state index contributed by atoms with van der Waals surface area (Å²) in [5.41, 5.74) is 6.07. The van der Waals surface area contributed by atoms with E-state index in [9.17, 15) is 0 Å². The third kappa shape index (κ3) is 2.36. The van der Waals surface area contributed by atoms with Crippen LogP contribution in [0.3, 0.4) is 0 Å². The van der Waals surface area contributed by atoms with Crippen molar-refractivity contribution in [3.05, 3.63) is 68.9 Å². The first-order valence-corrected chi connectivity index (χ1v) is 8.78. The summed E-state index contributed by atoms with van der Waals surface area (Å²) in [6.07, 6.45) is 21.0. The van der Waals surface area contributed by atoms with Crippen LogP contribution in [-0.2, 0) is 0 Å². The Morgan fingerprint density at radius 1 is 0.857 bits per heavy atom. The number of nitrogens with zero attached hydrogens (tertiary/aromatic N) is 1. The lowest BCUT2D eigenvalue weighted by atomic mass is 9.98. The van der Waals surface area contributed by atoms with Gasteiger partial charge < -0.3 is 4.90 Å². The minimum Gasteiger partial charge on any atom is -0.319 e. The molecule has 3 aliphatic carbocycles. The third-order valence-corrected chi connectivity index (χ3v) is 5.77. The first kappa shape index (κ1) is 13.3. The summed E-state index contributed by atoms with van der Waals surface area (Å²) in [6.45, 7) is 2.24. The molecule has 1 heterocycles. The zero-order chi connectivity index (χ0) is 14.2. The van der Waals surface area contributed by atoms with Crippen molar-refractivity contribution in [2.24, 2.45) is 0 Å². The van der Waals surface area contributed by atoms with Crippen molar-refractivity contribution in [2.45, 2.75) is 45.4 Å². The molecule has 0 unspecified atom stereocenters. The van der Waals surface area contributed by atoms with Gasteiger partial charge in [-0.15, -0.1) is 0 Å². The molecule has 0 amide bonds. The van der Waals surface area contributed by atoms with Crippen LogP contribution in [0, 0.1) is 0 Å². The van der Waals surface area contributed by atoms with Gasteiger partial charge in [0.15, 0.2) is 0 Å². The fraction of sp³-hybridized carbons (Fsp3) is 0.368. The maximum Gasteiger partial charge on any atom is 0.0369 e. The minimum atomic E-state index is 1.17. The van der Waals surface area contributed by atoms with E-state index in [-0.39, 0.29) is 0 Å². The average molecular weight is 295 g/mol. The lowest BCUT2D eigenvalue weighted by Gasteiger charge is -2.40. The van der Waals surface area contributed by atoms with Crippen LogP contribution in [0.25, 0.3) is 0 Å². The Bertz CT molecular complexity index is 617. The van der Waals surface area contributed by atoms with E-state index in [1.807, 2.05) is 11.8 Å². The highest BCUT2D eigenvalue weighted by Gasteiger charge is 2.30. The summed E-state index contributed by atoms with van der Waals surface area (Å²) in [5, 5.41) is 0. The van der Waals surface area contributed by atoms with Crippen LogP contribution in [-0.4, -0.2) is 4.90 Å². The van der Waals surface area contributed by atoms with E-state index < -0.39 is 0 Å². The van der Waals surface area contributed by atoms with Crippen molar-refractivity contribution >= 4 is 11.8 Å². The molecule has 21 heavy (non-hydrogen) atoms. The van der Waals surface area contributed by atoms with Crippen molar-refractivity contribution in [3.8, 4) is 0 Å². The first-order valence-electron chi connectivity index (χ1n) is 7.96. The SMILES string of the molecule is CC1=CC=C(N2C3=C(C=CCC3)SC3=C2CCC=C3)CC1. The van der Waals surface area contributed by atoms with Crippen LogP contribution in [0.4, 0.5) is 0 Å². The van der Waals surface area contributed by atoms with Crippen LogP contribution >= 0.6 is 11.8 Å². The average Bonchev–Trinajstić information content (AvgIpc) is 2.53. The standard InChI is InChI=1S/C19H21NS/c1-14-10-12-15(13-11-14)20-16-6-2-4-8-18(16)21-19-9-5-3-7-17(19)20/h4-5,8-10,12H,2-3,6-7,11,13H2,1H3. The molecule has 4 aliphatic rings. The fourth-order valence-electron chi connectivity index (χ4n) is 3.43. The molecule has 0 aromatic rings. The van der Waals surface area contributed by atoms with Crippen molar-refractivity contribution in [1.29, 1.82) is 0 Å². The summed E-state index contributed by atoms with van der Waals surface area (Å²) in [6, 6.07) is 0. The van der Waals surface area contributed by atoms with E-state index in [1.54, 1.807) is 0 Å². The third-order valence-electron chi connectivity index (χ3n) is 4.59. The maximum atomic E-state index is 2.61. The van der Waals surface area contributed by atoms with Gasteiger partial charge in [0, 0.05) is 26.9 Å². The van der Waals surface area contributed by atoms with Gasteiger partial charge in [-0.3, -0.25) is 0 Å². The summed E-state index contributed by atoms with van der Waals surface area (Å²) < 4.78 is 0. The van der Waals surface area contributed by atoms with E-state index in [2.05, 4.69) is 48.3 Å². The lowest BCUT2D eigenvalue weighted by molar-refractivity contribution is 0.451. The number of hydrogen-bond acceptors (Lipinski definition) is 2. The Morgan fingerprint density at radius 2 is 1.52 bits per heavy atom.